The molecule has 108 valence electrons. The summed E-state index contributed by atoms with van der Waals surface area (Å²) in [7, 11) is 0. The molecule has 1 aliphatic rings. The third kappa shape index (κ3) is 2.72. The van der Waals surface area contributed by atoms with Crippen molar-refractivity contribution in [3.05, 3.63) is 63.4 Å². The summed E-state index contributed by atoms with van der Waals surface area (Å²) in [6, 6.07) is 9.73. The van der Waals surface area contributed by atoms with Gasteiger partial charge < -0.3 is 4.74 Å². The highest BCUT2D eigenvalue weighted by atomic mass is 79.9. The van der Waals surface area contributed by atoms with E-state index in [9.17, 15) is 9.18 Å². The van der Waals surface area contributed by atoms with E-state index in [1.54, 1.807) is 6.07 Å². The molecule has 1 aliphatic heterocycles. The highest BCUT2D eigenvalue weighted by Gasteiger charge is 2.30. The van der Waals surface area contributed by atoms with E-state index in [1.165, 1.54) is 18.2 Å². The molecule has 2 aromatic rings. The molecule has 0 fully saturated rings. The molecule has 0 aromatic heterocycles. The van der Waals surface area contributed by atoms with Crippen molar-refractivity contribution in [3.63, 3.8) is 0 Å². The van der Waals surface area contributed by atoms with Gasteiger partial charge in [-0.2, -0.15) is 0 Å². The van der Waals surface area contributed by atoms with Gasteiger partial charge in [0, 0.05) is 17.5 Å². The first-order chi connectivity index (χ1) is 9.85. The Hall–Kier alpha value is -1.68. The second-order valence-corrected chi connectivity index (χ2v) is 6.67. The minimum atomic E-state index is -0.379. The van der Waals surface area contributed by atoms with Gasteiger partial charge in [0.05, 0.1) is 4.47 Å². The van der Waals surface area contributed by atoms with Gasteiger partial charge in [-0.1, -0.05) is 0 Å². The Bertz CT molecular complexity index is 738. The van der Waals surface area contributed by atoms with Crippen molar-refractivity contribution in [3.8, 4) is 5.75 Å². The van der Waals surface area contributed by atoms with Crippen LogP contribution in [-0.4, -0.2) is 11.4 Å². The molecule has 4 heteroatoms. The predicted molar refractivity (Wildman–Crippen MR) is 82.4 cm³/mol. The van der Waals surface area contributed by atoms with Gasteiger partial charge in [-0.15, -0.1) is 0 Å². The largest absolute Gasteiger partial charge is 0.487 e. The monoisotopic (exact) mass is 348 g/mol. The fourth-order valence-corrected chi connectivity index (χ4v) is 2.93. The van der Waals surface area contributed by atoms with E-state index in [-0.39, 0.29) is 17.2 Å². The van der Waals surface area contributed by atoms with E-state index in [0.29, 0.717) is 15.6 Å². The molecule has 2 aromatic carbocycles. The number of hydrogen-bond donors (Lipinski definition) is 0. The Morgan fingerprint density at radius 1 is 1.19 bits per heavy atom. The van der Waals surface area contributed by atoms with Crippen LogP contribution in [0.3, 0.4) is 0 Å². The van der Waals surface area contributed by atoms with E-state index < -0.39 is 0 Å². The van der Waals surface area contributed by atoms with Crippen LogP contribution in [0.25, 0.3) is 0 Å². The first kappa shape index (κ1) is 14.3. The van der Waals surface area contributed by atoms with Gasteiger partial charge >= 0.3 is 0 Å². The van der Waals surface area contributed by atoms with Crippen LogP contribution in [0, 0.1) is 5.82 Å². The normalized spacial score (nSPS) is 15.4. The van der Waals surface area contributed by atoms with Crippen LogP contribution in [0.1, 0.15) is 35.3 Å². The van der Waals surface area contributed by atoms with E-state index in [0.717, 1.165) is 17.7 Å². The number of rotatable bonds is 2. The molecule has 0 amide bonds. The number of ether oxygens (including phenoxy) is 1. The molecule has 0 spiro atoms. The molecule has 2 nitrogen and oxygen atoms in total. The fraction of sp³-hybridized carbons (Fsp3) is 0.235. The van der Waals surface area contributed by atoms with Gasteiger partial charge in [-0.3, -0.25) is 4.79 Å². The van der Waals surface area contributed by atoms with Gasteiger partial charge in [0.1, 0.15) is 17.2 Å². The molecular weight excluding hydrogens is 335 g/mol. The maximum Gasteiger partial charge on any atom is 0.193 e. The van der Waals surface area contributed by atoms with Crippen LogP contribution in [0.5, 0.6) is 5.75 Å². The summed E-state index contributed by atoms with van der Waals surface area (Å²) in [4.78, 5) is 12.5. The van der Waals surface area contributed by atoms with Crippen molar-refractivity contribution in [1.29, 1.82) is 0 Å². The standard InChI is InChI=1S/C17H14BrFO2/c1-17(2)9-12-7-10(4-6-15(12)21-17)16(20)11-3-5-14(19)13(18)8-11/h3-8H,9H2,1-2H3. The number of fused-ring (bicyclic) bond motifs is 1. The lowest BCUT2D eigenvalue weighted by Crippen LogP contribution is -2.24. The molecule has 0 N–H and O–H groups in total. The SMILES string of the molecule is CC1(C)Cc2cc(C(=O)c3ccc(F)c(Br)c3)ccc2O1. The number of hydrogen-bond acceptors (Lipinski definition) is 2. The molecule has 0 unspecified atom stereocenters. The lowest BCUT2D eigenvalue weighted by molar-refractivity contribution is 0.103. The zero-order valence-electron chi connectivity index (χ0n) is 11.7. The van der Waals surface area contributed by atoms with E-state index in [4.69, 9.17) is 4.74 Å². The minimum Gasteiger partial charge on any atom is -0.487 e. The summed E-state index contributed by atoms with van der Waals surface area (Å²) < 4.78 is 19.3. The van der Waals surface area contributed by atoms with Crippen molar-refractivity contribution in [2.75, 3.05) is 0 Å². The molecule has 0 radical (unpaired) electrons. The molecule has 0 bridgehead atoms. The summed E-state index contributed by atoms with van der Waals surface area (Å²) in [5, 5.41) is 0. The summed E-state index contributed by atoms with van der Waals surface area (Å²) in [5.41, 5.74) is 1.85. The number of ketones is 1. The highest BCUT2D eigenvalue weighted by Crippen LogP contribution is 2.35. The quantitative estimate of drug-likeness (QED) is 0.745. The zero-order valence-corrected chi connectivity index (χ0v) is 13.3. The average Bonchev–Trinajstić information content (AvgIpc) is 2.73. The number of carbonyl (C=O) groups excluding carboxylic acids is 1. The number of carbonyl (C=O) groups is 1. The third-order valence-corrected chi connectivity index (χ3v) is 4.11. The molecule has 21 heavy (non-hydrogen) atoms. The summed E-state index contributed by atoms with van der Waals surface area (Å²) >= 11 is 3.10. The smallest absolute Gasteiger partial charge is 0.193 e. The maximum atomic E-state index is 13.3. The predicted octanol–water partition coefficient (Wildman–Crippen LogP) is 4.53. The Morgan fingerprint density at radius 3 is 2.57 bits per heavy atom. The van der Waals surface area contributed by atoms with E-state index >= 15 is 0 Å². The topological polar surface area (TPSA) is 26.3 Å². The van der Waals surface area contributed by atoms with Crippen LogP contribution in [-0.2, 0) is 6.42 Å². The van der Waals surface area contributed by atoms with Gasteiger partial charge in [0.25, 0.3) is 0 Å². The van der Waals surface area contributed by atoms with Crippen molar-refractivity contribution in [1.82, 2.24) is 0 Å². The highest BCUT2D eigenvalue weighted by molar-refractivity contribution is 9.10. The molecule has 0 saturated heterocycles. The second-order valence-electron chi connectivity index (χ2n) is 5.82. The fourth-order valence-electron chi connectivity index (χ4n) is 2.55. The van der Waals surface area contributed by atoms with Gasteiger partial charge in [0.2, 0.25) is 0 Å². The maximum absolute atomic E-state index is 13.3. The first-order valence-corrected chi connectivity index (χ1v) is 7.47. The van der Waals surface area contributed by atoms with Gasteiger partial charge in [0.15, 0.2) is 5.78 Å². The van der Waals surface area contributed by atoms with Crippen molar-refractivity contribution < 1.29 is 13.9 Å². The summed E-state index contributed by atoms with van der Waals surface area (Å²) in [5.74, 6) is 0.329. The molecule has 0 aliphatic carbocycles. The summed E-state index contributed by atoms with van der Waals surface area (Å²) in [6.07, 6.45) is 0.774. The van der Waals surface area contributed by atoms with Crippen LogP contribution in [0.2, 0.25) is 0 Å². The average molecular weight is 349 g/mol. The zero-order chi connectivity index (χ0) is 15.2. The Labute approximate surface area is 131 Å². The van der Waals surface area contributed by atoms with Gasteiger partial charge in [-0.25, -0.2) is 4.39 Å². The van der Waals surface area contributed by atoms with Crippen LogP contribution < -0.4 is 4.74 Å². The van der Waals surface area contributed by atoms with E-state index in [1.807, 2.05) is 26.0 Å². The third-order valence-electron chi connectivity index (χ3n) is 3.51. The van der Waals surface area contributed by atoms with Crippen LogP contribution in [0.15, 0.2) is 40.9 Å². The molecular formula is C17H14BrFO2. The number of halogens is 2. The van der Waals surface area contributed by atoms with Crippen LogP contribution >= 0.6 is 15.9 Å². The molecule has 1 heterocycles. The van der Waals surface area contributed by atoms with Crippen molar-refractivity contribution in [2.45, 2.75) is 25.9 Å². The Balaban J connectivity index is 1.95. The van der Waals surface area contributed by atoms with Crippen molar-refractivity contribution >= 4 is 21.7 Å². The second kappa shape index (κ2) is 4.95. The van der Waals surface area contributed by atoms with Gasteiger partial charge in [-0.05, 0) is 71.7 Å². The molecule has 3 rings (SSSR count). The number of benzene rings is 2. The van der Waals surface area contributed by atoms with Crippen molar-refractivity contribution in [2.24, 2.45) is 0 Å². The summed E-state index contributed by atoms with van der Waals surface area (Å²) in [6.45, 7) is 4.04. The lowest BCUT2D eigenvalue weighted by atomic mass is 9.97. The molecule has 0 atom stereocenters. The Kier molecular flexibility index (Phi) is 3.36. The lowest BCUT2D eigenvalue weighted by Gasteiger charge is -2.16. The first-order valence-electron chi connectivity index (χ1n) is 6.67. The van der Waals surface area contributed by atoms with E-state index in [2.05, 4.69) is 15.9 Å². The van der Waals surface area contributed by atoms with Crippen LogP contribution in [0.4, 0.5) is 4.39 Å². The Morgan fingerprint density at radius 2 is 1.86 bits per heavy atom. The minimum absolute atomic E-state index is 0.122. The molecule has 0 saturated carbocycles.